The van der Waals surface area contributed by atoms with Crippen LogP contribution in [0.2, 0.25) is 0 Å². The van der Waals surface area contributed by atoms with Crippen LogP contribution in [-0.4, -0.2) is 18.6 Å². The highest BCUT2D eigenvalue weighted by Crippen LogP contribution is 2.33. The van der Waals surface area contributed by atoms with E-state index in [9.17, 15) is 18.6 Å². The highest BCUT2D eigenvalue weighted by Gasteiger charge is 2.30. The van der Waals surface area contributed by atoms with Crippen LogP contribution in [0.15, 0.2) is 30.3 Å². The maximum atomic E-state index is 11.9. The molecule has 1 aliphatic rings. The van der Waals surface area contributed by atoms with E-state index in [1.54, 1.807) is 12.1 Å². The molecular weight excluding hydrogens is 342 g/mol. The van der Waals surface area contributed by atoms with Crippen LogP contribution in [-0.2, 0) is 16.6 Å². The van der Waals surface area contributed by atoms with E-state index in [1.807, 2.05) is 18.6 Å². The zero-order valence-corrected chi connectivity index (χ0v) is 15.2. The molecule has 1 aromatic rings. The van der Waals surface area contributed by atoms with Crippen LogP contribution in [0.25, 0.3) is 0 Å². The van der Waals surface area contributed by atoms with Gasteiger partial charge in [-0.2, -0.15) is 13.7 Å². The van der Waals surface area contributed by atoms with E-state index in [0.717, 1.165) is 48.2 Å². The summed E-state index contributed by atoms with van der Waals surface area (Å²) in [5.74, 6) is -0.680. The summed E-state index contributed by atoms with van der Waals surface area (Å²) in [5.41, 5.74) is 0.680. The summed E-state index contributed by atoms with van der Waals surface area (Å²) >= 11 is 0. The zero-order valence-electron chi connectivity index (χ0n) is 14.4. The van der Waals surface area contributed by atoms with Gasteiger partial charge in [0.1, 0.15) is 11.4 Å². The van der Waals surface area contributed by atoms with Crippen molar-refractivity contribution in [3.8, 4) is 11.8 Å². The van der Waals surface area contributed by atoms with Crippen LogP contribution in [0.3, 0.4) is 0 Å². The molecule has 8 heteroatoms. The second-order valence-corrected chi connectivity index (χ2v) is 8.34. The van der Waals surface area contributed by atoms with Gasteiger partial charge in [-0.25, -0.2) is 9.03 Å². The second-order valence-electron chi connectivity index (χ2n) is 6.80. The van der Waals surface area contributed by atoms with Crippen LogP contribution in [0.1, 0.15) is 45.1 Å². The van der Waals surface area contributed by atoms with Crippen molar-refractivity contribution < 1.29 is 18.6 Å². The zero-order chi connectivity index (χ0) is 18.7. The van der Waals surface area contributed by atoms with Gasteiger partial charge in [0.05, 0.1) is 17.7 Å². The molecule has 0 bridgehead atoms. The molecule has 0 saturated carbocycles. The van der Waals surface area contributed by atoms with Crippen LogP contribution < -0.4 is 9.03 Å². The Kier molecular flexibility index (Phi) is 5.48. The van der Waals surface area contributed by atoms with E-state index in [0.29, 0.717) is 0 Å². The third kappa shape index (κ3) is 4.79. The molecule has 1 aromatic carbocycles. The topological polar surface area (TPSA) is 114 Å². The molecule has 136 valence electrons. The minimum absolute atomic E-state index is 0.0969. The molecule has 7 nitrogen and oxygen atoms in total. The average molecular weight is 365 g/mol. The fraction of sp³-hybridized carbons (Fsp3) is 0.471. The van der Waals surface area contributed by atoms with Crippen molar-refractivity contribution in [3.63, 3.8) is 0 Å². The molecule has 0 fully saturated rings. The summed E-state index contributed by atoms with van der Waals surface area (Å²) in [5, 5.41) is 28.3. The van der Waals surface area contributed by atoms with E-state index < -0.39 is 16.1 Å². The Labute approximate surface area is 148 Å². The van der Waals surface area contributed by atoms with Crippen molar-refractivity contribution in [3.05, 3.63) is 35.8 Å². The Balaban J connectivity index is 1.99. The molecule has 0 radical (unpaired) electrons. The van der Waals surface area contributed by atoms with Crippen molar-refractivity contribution in [1.82, 2.24) is 4.72 Å². The van der Waals surface area contributed by atoms with Crippen LogP contribution >= 0.6 is 0 Å². The number of phenolic OH excluding ortho intramolecular Hbond substituents is 1. The fourth-order valence-corrected chi connectivity index (χ4v) is 3.68. The first-order valence-electron chi connectivity index (χ1n) is 8.11. The number of aromatic hydroxyl groups is 1. The second kappa shape index (κ2) is 7.23. The minimum atomic E-state index is -3.93. The molecule has 25 heavy (non-hydrogen) atoms. The van der Waals surface area contributed by atoms with E-state index in [1.165, 1.54) is 6.07 Å². The number of rotatable bonds is 7. The first-order chi connectivity index (χ1) is 11.6. The highest BCUT2D eigenvalue weighted by molar-refractivity contribution is 7.91. The molecule has 0 saturated heterocycles. The maximum absolute atomic E-state index is 11.9. The Bertz CT molecular complexity index is 810. The number of aryl methyl sites for hydroxylation is 1. The number of unbranched alkanes of at least 4 members (excludes halogenated alkanes) is 2. The smallest absolute Gasteiger partial charge is 0.330 e. The molecule has 0 aliphatic carbocycles. The van der Waals surface area contributed by atoms with Crippen LogP contribution in [0.4, 0.5) is 5.69 Å². The number of benzene rings is 1. The fourth-order valence-electron chi connectivity index (χ4n) is 2.62. The van der Waals surface area contributed by atoms with Gasteiger partial charge in [-0.05, 0) is 50.8 Å². The lowest BCUT2D eigenvalue weighted by atomic mass is 9.88. The van der Waals surface area contributed by atoms with Crippen molar-refractivity contribution in [2.24, 2.45) is 5.41 Å². The number of hydrogen-bond acceptors (Lipinski definition) is 5. The van der Waals surface area contributed by atoms with Gasteiger partial charge >= 0.3 is 10.2 Å². The molecule has 2 rings (SSSR count). The quantitative estimate of drug-likeness (QED) is 0.643. The summed E-state index contributed by atoms with van der Waals surface area (Å²) in [6.45, 7) is 3.85. The summed E-state index contributed by atoms with van der Waals surface area (Å²) < 4.78 is 26.6. The lowest BCUT2D eigenvalue weighted by molar-refractivity contribution is 0.392. The maximum Gasteiger partial charge on any atom is 0.330 e. The van der Waals surface area contributed by atoms with Gasteiger partial charge in [-0.1, -0.05) is 18.9 Å². The highest BCUT2D eigenvalue weighted by atomic mass is 32.2. The number of aliphatic hydroxyl groups is 1. The van der Waals surface area contributed by atoms with Crippen LogP contribution in [0, 0.1) is 16.7 Å². The Hall–Kier alpha value is -2.40. The SMILES string of the molecule is CC(C)(C#N)CCCCCc1ccc(O)c(N2C=C(O)NS2(=O)=O)c1. The van der Waals surface area contributed by atoms with Crippen molar-refractivity contribution >= 4 is 15.9 Å². The van der Waals surface area contributed by atoms with E-state index >= 15 is 0 Å². The van der Waals surface area contributed by atoms with Crippen molar-refractivity contribution in [1.29, 1.82) is 5.26 Å². The molecule has 3 N–H and O–H groups in total. The van der Waals surface area contributed by atoms with Gasteiger partial charge in [0.25, 0.3) is 0 Å². The molecule has 0 aromatic heterocycles. The number of nitriles is 1. The largest absolute Gasteiger partial charge is 0.506 e. The predicted octanol–water partition coefficient (Wildman–Crippen LogP) is 3.06. The van der Waals surface area contributed by atoms with Gasteiger partial charge < -0.3 is 10.2 Å². The first kappa shape index (κ1) is 18.9. The predicted molar refractivity (Wildman–Crippen MR) is 94.9 cm³/mol. The first-order valence-corrected chi connectivity index (χ1v) is 9.55. The van der Waals surface area contributed by atoms with E-state index in [-0.39, 0.29) is 16.9 Å². The number of anilines is 1. The summed E-state index contributed by atoms with van der Waals surface area (Å²) in [6.07, 6.45) is 5.40. The number of phenols is 1. The van der Waals surface area contributed by atoms with Gasteiger partial charge in [0, 0.05) is 0 Å². The van der Waals surface area contributed by atoms with E-state index in [4.69, 9.17) is 5.26 Å². The van der Waals surface area contributed by atoms with Gasteiger partial charge in [-0.3, -0.25) is 0 Å². The lowest BCUT2D eigenvalue weighted by Crippen LogP contribution is -2.29. The average Bonchev–Trinajstić information content (AvgIpc) is 2.81. The molecule has 0 unspecified atom stereocenters. The lowest BCUT2D eigenvalue weighted by Gasteiger charge is -2.17. The third-order valence-electron chi connectivity index (χ3n) is 4.08. The molecule has 1 aliphatic heterocycles. The third-order valence-corrected chi connectivity index (χ3v) is 5.37. The number of hydrogen-bond donors (Lipinski definition) is 3. The van der Waals surface area contributed by atoms with Crippen molar-refractivity contribution in [2.75, 3.05) is 4.31 Å². The van der Waals surface area contributed by atoms with Gasteiger partial charge in [-0.15, -0.1) is 0 Å². The Morgan fingerprint density at radius 3 is 2.56 bits per heavy atom. The number of aliphatic hydroxyl groups excluding tert-OH is 1. The van der Waals surface area contributed by atoms with E-state index in [2.05, 4.69) is 6.07 Å². The molecule has 0 atom stereocenters. The van der Waals surface area contributed by atoms with Gasteiger partial charge in [0.15, 0.2) is 0 Å². The molecule has 0 spiro atoms. The Morgan fingerprint density at radius 2 is 1.96 bits per heavy atom. The molecule has 1 heterocycles. The number of nitrogens with zero attached hydrogens (tertiary/aromatic N) is 2. The molecule has 0 amide bonds. The van der Waals surface area contributed by atoms with Crippen LogP contribution in [0.5, 0.6) is 5.75 Å². The Morgan fingerprint density at radius 1 is 1.24 bits per heavy atom. The summed E-state index contributed by atoms with van der Waals surface area (Å²) in [4.78, 5) is 0. The number of nitrogens with one attached hydrogen (secondary N) is 1. The summed E-state index contributed by atoms with van der Waals surface area (Å²) in [6, 6.07) is 7.08. The monoisotopic (exact) mass is 365 g/mol. The standard InChI is InChI=1S/C17H23N3O4S/c1-17(2,12-18)9-5-3-4-6-13-7-8-15(21)14(10-13)20-11-16(22)19-25(20,23)24/h7-8,10-11,19,21-22H,3-6,9H2,1-2H3. The van der Waals surface area contributed by atoms with Gasteiger partial charge in [0.2, 0.25) is 5.88 Å². The molecular formula is C17H23N3O4S. The normalized spacial score (nSPS) is 16.2. The minimum Gasteiger partial charge on any atom is -0.506 e. The van der Waals surface area contributed by atoms with Crippen molar-refractivity contribution in [2.45, 2.75) is 46.0 Å². The summed E-state index contributed by atoms with van der Waals surface area (Å²) in [7, 11) is -3.93.